The van der Waals surface area contributed by atoms with Crippen molar-refractivity contribution in [2.24, 2.45) is 0 Å². The van der Waals surface area contributed by atoms with Crippen molar-refractivity contribution in [1.82, 2.24) is 0 Å². The van der Waals surface area contributed by atoms with Crippen LogP contribution in [0.25, 0.3) is 0 Å². The molecule has 0 aliphatic heterocycles. The molecule has 0 aromatic heterocycles. The summed E-state index contributed by atoms with van der Waals surface area (Å²) in [6.07, 6.45) is 62.6. The fourth-order valence-electron chi connectivity index (χ4n) is 6.20. The van der Waals surface area contributed by atoms with Crippen molar-refractivity contribution in [3.05, 3.63) is 97.2 Å². The molecule has 1 unspecified atom stereocenters. The van der Waals surface area contributed by atoms with Gasteiger partial charge in [0, 0.05) is 19.3 Å². The summed E-state index contributed by atoms with van der Waals surface area (Å²) in [7, 11) is 0. The lowest BCUT2D eigenvalue weighted by Gasteiger charge is -2.18. The number of hydrogen-bond acceptors (Lipinski definition) is 6. The van der Waals surface area contributed by atoms with Gasteiger partial charge in [0.25, 0.3) is 0 Å². The molecule has 0 aliphatic carbocycles. The van der Waals surface area contributed by atoms with Gasteiger partial charge in [0.15, 0.2) is 6.10 Å². The minimum Gasteiger partial charge on any atom is -0.462 e. The third-order valence-corrected chi connectivity index (χ3v) is 9.80. The van der Waals surface area contributed by atoms with E-state index in [0.717, 1.165) is 109 Å². The molecule has 0 aromatic rings. The van der Waals surface area contributed by atoms with Gasteiger partial charge in [-0.25, -0.2) is 0 Å². The van der Waals surface area contributed by atoms with Crippen LogP contribution in [0.3, 0.4) is 0 Å². The lowest BCUT2D eigenvalue weighted by atomic mass is 10.1. The topological polar surface area (TPSA) is 78.9 Å². The maximum atomic E-state index is 12.7. The van der Waals surface area contributed by atoms with Gasteiger partial charge in [-0.15, -0.1) is 0 Å². The Kier molecular flexibility index (Phi) is 45.1. The van der Waals surface area contributed by atoms with Crippen molar-refractivity contribution in [2.45, 2.75) is 213 Å². The smallest absolute Gasteiger partial charge is 0.306 e. The molecule has 0 saturated heterocycles. The Morgan fingerprint density at radius 3 is 1.17 bits per heavy atom. The van der Waals surface area contributed by atoms with Gasteiger partial charge in [0.2, 0.25) is 0 Å². The zero-order chi connectivity index (χ0) is 43.7. The first-order valence-electron chi connectivity index (χ1n) is 24.2. The first kappa shape index (κ1) is 56.3. The minimum atomic E-state index is -0.801. The summed E-state index contributed by atoms with van der Waals surface area (Å²) in [5.74, 6) is -0.983. The van der Waals surface area contributed by atoms with Crippen LogP contribution in [0.1, 0.15) is 207 Å². The second kappa shape index (κ2) is 48.0. The zero-order valence-electron chi connectivity index (χ0n) is 38.7. The summed E-state index contributed by atoms with van der Waals surface area (Å²) in [5, 5.41) is 0. The Balaban J connectivity index is 4.39. The monoisotopic (exact) mass is 833 g/mol. The van der Waals surface area contributed by atoms with E-state index in [0.29, 0.717) is 19.3 Å². The lowest BCUT2D eigenvalue weighted by molar-refractivity contribution is -0.167. The van der Waals surface area contributed by atoms with Crippen molar-refractivity contribution in [2.75, 3.05) is 13.2 Å². The van der Waals surface area contributed by atoms with Gasteiger partial charge in [-0.3, -0.25) is 14.4 Å². The van der Waals surface area contributed by atoms with Gasteiger partial charge >= 0.3 is 17.9 Å². The van der Waals surface area contributed by atoms with Crippen molar-refractivity contribution >= 4 is 17.9 Å². The Labute approximate surface area is 368 Å². The standard InChI is InChI=1S/C54H88O6/c1-4-7-10-13-16-19-21-22-23-24-25-26-27-28-29-30-31-32-33-36-38-41-44-47-53(56)59-50-51(49-58-52(55)46-43-40-37-34-18-15-12-9-6-3)60-54(57)48-45-42-39-35-20-17-14-11-8-5-2/h7,10-11,14,16,19,22-23,25-26,28-29,31-32,36,38,51H,4-6,8-9,12-13,15,17-18,20-21,24,27,30,33-35,37,39-50H2,1-3H3/b10-7-,14-11-,19-16-,23-22-,26-25-,29-28-,32-31-,38-36-. The van der Waals surface area contributed by atoms with E-state index < -0.39 is 6.10 Å². The lowest BCUT2D eigenvalue weighted by Crippen LogP contribution is -2.30. The van der Waals surface area contributed by atoms with Crippen LogP contribution in [0, 0.1) is 0 Å². The molecule has 1 atom stereocenters. The van der Waals surface area contributed by atoms with Gasteiger partial charge in [-0.05, 0) is 89.9 Å². The average Bonchev–Trinajstić information content (AvgIpc) is 3.24. The molecular formula is C54H88O6. The molecule has 0 radical (unpaired) electrons. The summed E-state index contributed by atoms with van der Waals surface area (Å²) in [5.41, 5.74) is 0. The second-order valence-corrected chi connectivity index (χ2v) is 15.6. The highest BCUT2D eigenvalue weighted by atomic mass is 16.6. The van der Waals surface area contributed by atoms with Crippen LogP contribution in [0.2, 0.25) is 0 Å². The quantitative estimate of drug-likeness (QED) is 0.0264. The van der Waals surface area contributed by atoms with E-state index in [-0.39, 0.29) is 37.5 Å². The molecule has 0 N–H and O–H groups in total. The zero-order valence-corrected chi connectivity index (χ0v) is 38.7. The van der Waals surface area contributed by atoms with Crippen molar-refractivity contribution < 1.29 is 28.6 Å². The predicted octanol–water partition coefficient (Wildman–Crippen LogP) is 15.8. The van der Waals surface area contributed by atoms with Crippen LogP contribution in [0.4, 0.5) is 0 Å². The third-order valence-electron chi connectivity index (χ3n) is 9.80. The van der Waals surface area contributed by atoms with Gasteiger partial charge in [0.05, 0.1) is 0 Å². The van der Waals surface area contributed by atoms with E-state index in [9.17, 15) is 14.4 Å². The van der Waals surface area contributed by atoms with Crippen LogP contribution >= 0.6 is 0 Å². The average molecular weight is 833 g/mol. The summed E-state index contributed by atoms with van der Waals surface area (Å²) in [6, 6.07) is 0. The molecule has 0 bridgehead atoms. The summed E-state index contributed by atoms with van der Waals surface area (Å²) >= 11 is 0. The fourth-order valence-corrected chi connectivity index (χ4v) is 6.20. The highest BCUT2D eigenvalue weighted by molar-refractivity contribution is 5.71. The van der Waals surface area contributed by atoms with E-state index in [1.54, 1.807) is 0 Å². The maximum absolute atomic E-state index is 12.7. The molecule has 0 spiro atoms. The predicted molar refractivity (Wildman–Crippen MR) is 256 cm³/mol. The molecule has 60 heavy (non-hydrogen) atoms. The van der Waals surface area contributed by atoms with Crippen LogP contribution < -0.4 is 0 Å². The van der Waals surface area contributed by atoms with Crippen LogP contribution in [-0.4, -0.2) is 37.2 Å². The molecular weight excluding hydrogens is 745 g/mol. The van der Waals surface area contributed by atoms with Gasteiger partial charge in [0.1, 0.15) is 13.2 Å². The first-order valence-corrected chi connectivity index (χ1v) is 24.2. The molecule has 0 aliphatic rings. The third kappa shape index (κ3) is 45.4. The Morgan fingerprint density at radius 2 is 0.700 bits per heavy atom. The number of esters is 3. The Bertz CT molecular complexity index is 1230. The highest BCUT2D eigenvalue weighted by Gasteiger charge is 2.19. The summed E-state index contributed by atoms with van der Waals surface area (Å²) in [4.78, 5) is 37.7. The van der Waals surface area contributed by atoms with Crippen LogP contribution in [0.5, 0.6) is 0 Å². The molecule has 0 fully saturated rings. The molecule has 6 heteroatoms. The summed E-state index contributed by atoms with van der Waals surface area (Å²) in [6.45, 7) is 6.36. The summed E-state index contributed by atoms with van der Waals surface area (Å²) < 4.78 is 16.6. The number of ether oxygens (including phenoxy) is 3. The van der Waals surface area contributed by atoms with E-state index in [2.05, 4.69) is 118 Å². The van der Waals surface area contributed by atoms with E-state index >= 15 is 0 Å². The molecule has 0 amide bonds. The van der Waals surface area contributed by atoms with Gasteiger partial charge in [-0.2, -0.15) is 0 Å². The van der Waals surface area contributed by atoms with Gasteiger partial charge < -0.3 is 14.2 Å². The molecule has 0 saturated carbocycles. The molecule has 0 aromatic carbocycles. The Morgan fingerprint density at radius 1 is 0.350 bits per heavy atom. The van der Waals surface area contributed by atoms with Crippen molar-refractivity contribution in [1.29, 1.82) is 0 Å². The largest absolute Gasteiger partial charge is 0.462 e. The van der Waals surface area contributed by atoms with E-state index in [1.165, 1.54) is 51.4 Å². The van der Waals surface area contributed by atoms with Gasteiger partial charge in [-0.1, -0.05) is 195 Å². The second-order valence-electron chi connectivity index (χ2n) is 15.6. The fraction of sp³-hybridized carbons (Fsp3) is 0.648. The minimum absolute atomic E-state index is 0.0990. The highest BCUT2D eigenvalue weighted by Crippen LogP contribution is 2.13. The van der Waals surface area contributed by atoms with E-state index in [4.69, 9.17) is 14.2 Å². The number of allylic oxidation sites excluding steroid dienone is 16. The van der Waals surface area contributed by atoms with Crippen molar-refractivity contribution in [3.8, 4) is 0 Å². The Hall–Kier alpha value is -3.67. The van der Waals surface area contributed by atoms with Crippen LogP contribution in [0.15, 0.2) is 97.2 Å². The normalized spacial score (nSPS) is 12.9. The molecule has 0 rings (SSSR count). The number of unbranched alkanes of at least 4 members (excludes halogenated alkanes) is 15. The SMILES string of the molecule is CC/C=C\C/C=C\C/C=C\C/C=C\C/C=C\C/C=C\C/C=C\CCCC(=O)OCC(COC(=O)CCCCCCCCCCC)OC(=O)CCCCCCC/C=C\CCC. The molecule has 6 nitrogen and oxygen atoms in total. The number of rotatable bonds is 42. The van der Waals surface area contributed by atoms with Crippen LogP contribution in [-0.2, 0) is 28.6 Å². The number of carbonyl (C=O) groups is 3. The molecule has 340 valence electrons. The number of carbonyl (C=O) groups excluding carboxylic acids is 3. The molecule has 0 heterocycles. The first-order chi connectivity index (χ1) is 29.5. The number of hydrogen-bond donors (Lipinski definition) is 0. The maximum Gasteiger partial charge on any atom is 0.306 e. The van der Waals surface area contributed by atoms with E-state index in [1.807, 2.05) is 0 Å². The van der Waals surface area contributed by atoms with Crippen molar-refractivity contribution in [3.63, 3.8) is 0 Å².